The van der Waals surface area contributed by atoms with E-state index >= 15 is 0 Å². The van der Waals surface area contributed by atoms with Crippen LogP contribution in [0.5, 0.6) is 0 Å². The quantitative estimate of drug-likeness (QED) is 0.597. The lowest BCUT2D eigenvalue weighted by atomic mass is 9.99. The van der Waals surface area contributed by atoms with Crippen LogP contribution >= 0.6 is 11.6 Å². The molecule has 2 aromatic carbocycles. The highest BCUT2D eigenvalue weighted by Gasteiger charge is 2.52. The number of hydrogen-bond donors (Lipinski definition) is 0. The average molecular weight is 421 g/mol. The van der Waals surface area contributed by atoms with E-state index < -0.39 is 10.0 Å². The van der Waals surface area contributed by atoms with E-state index in [4.69, 9.17) is 11.6 Å². The van der Waals surface area contributed by atoms with E-state index in [9.17, 15) is 12.8 Å². The summed E-state index contributed by atoms with van der Waals surface area (Å²) < 4.78 is 42.1. The van der Waals surface area contributed by atoms with Crippen molar-refractivity contribution < 1.29 is 12.8 Å². The molecule has 0 radical (unpaired) electrons. The van der Waals surface area contributed by atoms with E-state index in [1.807, 2.05) is 0 Å². The molecule has 28 heavy (non-hydrogen) atoms. The van der Waals surface area contributed by atoms with Gasteiger partial charge in [0, 0.05) is 42.7 Å². The van der Waals surface area contributed by atoms with Gasteiger partial charge in [-0.05, 0) is 23.8 Å². The van der Waals surface area contributed by atoms with Crippen molar-refractivity contribution in [1.82, 2.24) is 13.4 Å². The van der Waals surface area contributed by atoms with Gasteiger partial charge in [0.05, 0.1) is 12.9 Å². The molecule has 1 unspecified atom stereocenters. The van der Waals surface area contributed by atoms with Gasteiger partial charge in [0.1, 0.15) is 18.0 Å². The first-order valence-corrected chi connectivity index (χ1v) is 10.8. The molecule has 146 valence electrons. The molecule has 1 aliphatic rings. The van der Waals surface area contributed by atoms with E-state index in [2.05, 4.69) is 4.98 Å². The minimum atomic E-state index is -3.83. The number of aryl methyl sites for hydroxylation is 1. The zero-order valence-electron chi connectivity index (χ0n) is 15.3. The monoisotopic (exact) mass is 420 g/mol. The Morgan fingerprint density at radius 1 is 1.21 bits per heavy atom. The van der Waals surface area contributed by atoms with Gasteiger partial charge in [-0.3, -0.25) is 0 Å². The molecule has 4 rings (SSSR count). The minimum absolute atomic E-state index is 0.0157. The Bertz CT molecular complexity index is 1110. The summed E-state index contributed by atoms with van der Waals surface area (Å²) in [5.41, 5.74) is 1.54. The van der Waals surface area contributed by atoms with Crippen molar-refractivity contribution in [3.05, 3.63) is 77.5 Å². The Morgan fingerprint density at radius 2 is 1.96 bits per heavy atom. The van der Waals surface area contributed by atoms with Gasteiger partial charge in [0.15, 0.2) is 0 Å². The third-order valence-corrected chi connectivity index (χ3v) is 7.82. The van der Waals surface area contributed by atoms with E-state index in [0.29, 0.717) is 30.2 Å². The van der Waals surface area contributed by atoms with Crippen molar-refractivity contribution >= 4 is 27.3 Å². The molecule has 0 spiro atoms. The maximum absolute atomic E-state index is 13.7. The van der Waals surface area contributed by atoms with Gasteiger partial charge in [-0.2, -0.15) is 12.3 Å². The van der Waals surface area contributed by atoms with Crippen LogP contribution < -0.4 is 3.89 Å². The predicted molar refractivity (Wildman–Crippen MR) is 107 cm³/mol. The second kappa shape index (κ2) is 6.99. The van der Waals surface area contributed by atoms with Gasteiger partial charge in [0.25, 0.3) is 0 Å². The number of nitrogens with zero attached hydrogens (tertiary/aromatic N) is 3. The van der Waals surface area contributed by atoms with Crippen LogP contribution in [0.1, 0.15) is 17.9 Å². The average Bonchev–Trinajstić information content (AvgIpc) is 3.30. The number of imidazole rings is 1. The second-order valence-corrected chi connectivity index (χ2v) is 9.67. The van der Waals surface area contributed by atoms with E-state index in [-0.39, 0.29) is 20.6 Å². The van der Waals surface area contributed by atoms with Crippen molar-refractivity contribution in [2.75, 3.05) is 13.1 Å². The molecule has 0 amide bonds. The molecule has 0 aliphatic carbocycles. The van der Waals surface area contributed by atoms with Gasteiger partial charge in [-0.15, -0.1) is 0 Å². The second-order valence-electron chi connectivity index (χ2n) is 7.16. The summed E-state index contributed by atoms with van der Waals surface area (Å²) in [7, 11) is -2.09. The molecule has 0 bridgehead atoms. The van der Waals surface area contributed by atoms with Crippen LogP contribution in [-0.4, -0.2) is 31.1 Å². The Kier molecular flexibility index (Phi) is 4.77. The first-order valence-electron chi connectivity index (χ1n) is 8.94. The summed E-state index contributed by atoms with van der Waals surface area (Å²) in [6, 6.07) is 13.3. The number of sulfonamides is 1. The lowest BCUT2D eigenvalue weighted by Gasteiger charge is -2.31. The third-order valence-electron chi connectivity index (χ3n) is 5.38. The number of hydrogen-bond acceptors (Lipinski definition) is 3. The summed E-state index contributed by atoms with van der Waals surface area (Å²) in [4.78, 5) is 4.11. The van der Waals surface area contributed by atoms with E-state index in [1.54, 1.807) is 48.0 Å². The van der Waals surface area contributed by atoms with Crippen LogP contribution in [0.25, 0.3) is 0 Å². The highest BCUT2D eigenvalue weighted by Crippen LogP contribution is 2.42. The highest BCUT2D eigenvalue weighted by molar-refractivity contribution is 7.90. The summed E-state index contributed by atoms with van der Waals surface area (Å²) in [5, 5.41) is 0.520. The van der Waals surface area contributed by atoms with Gasteiger partial charge >= 0.3 is 10.0 Å². The number of benzene rings is 2. The number of quaternary nitrogens is 1. The maximum Gasteiger partial charge on any atom is 0.351 e. The number of aromatic nitrogens is 2. The zero-order chi connectivity index (χ0) is 19.9. The van der Waals surface area contributed by atoms with Crippen LogP contribution in [0.2, 0.25) is 5.02 Å². The Morgan fingerprint density at radius 3 is 2.61 bits per heavy atom. The van der Waals surface area contributed by atoms with Gasteiger partial charge in [0.2, 0.25) is 5.03 Å². The van der Waals surface area contributed by atoms with Crippen molar-refractivity contribution in [3.63, 3.8) is 0 Å². The summed E-state index contributed by atoms with van der Waals surface area (Å²) in [6.45, 7) is 0.728. The van der Waals surface area contributed by atoms with Crippen LogP contribution in [0, 0.1) is 5.82 Å². The van der Waals surface area contributed by atoms with E-state index in [1.165, 1.54) is 24.7 Å². The molecule has 0 N–H and O–H groups in total. The molecule has 1 aromatic heterocycles. The van der Waals surface area contributed by atoms with E-state index in [0.717, 1.165) is 5.56 Å². The molecule has 1 saturated heterocycles. The molecule has 5 nitrogen and oxygen atoms in total. The Labute approximate surface area is 168 Å². The zero-order valence-corrected chi connectivity index (χ0v) is 16.9. The van der Waals surface area contributed by atoms with Gasteiger partial charge in [-0.1, -0.05) is 29.8 Å². The van der Waals surface area contributed by atoms with Crippen molar-refractivity contribution in [3.8, 4) is 0 Å². The lowest BCUT2D eigenvalue weighted by molar-refractivity contribution is 0.460. The topological polar surface area (TPSA) is 52.0 Å². The smallest absolute Gasteiger partial charge is 0.339 e. The molecule has 2 atom stereocenters. The van der Waals surface area contributed by atoms with Crippen LogP contribution in [-0.2, 0) is 17.1 Å². The molecular weight excluding hydrogens is 401 g/mol. The lowest BCUT2D eigenvalue weighted by Crippen LogP contribution is -2.52. The minimum Gasteiger partial charge on any atom is -0.339 e. The van der Waals surface area contributed by atoms with Gasteiger partial charge < -0.3 is 4.57 Å². The van der Waals surface area contributed by atoms with Crippen molar-refractivity contribution in [2.45, 2.75) is 17.4 Å². The fourth-order valence-electron chi connectivity index (χ4n) is 3.93. The number of rotatable bonds is 4. The maximum atomic E-state index is 13.7. The fourth-order valence-corrected chi connectivity index (χ4v) is 6.07. The van der Waals surface area contributed by atoms with Gasteiger partial charge in [-0.25, -0.2) is 9.37 Å². The molecular formula is C20H20ClFN3O2S+. The molecule has 2 heterocycles. The standard InChI is InChI=1S/C20H20ClFN3O2S/c1-24-12-20(23-14-24)28(26,27)25(19-4-2-3-17(21)11-19)10-9-16(13-25)15-5-7-18(22)8-6-15/h2-8,11-12,14,16H,9-10,13H2,1H3/q+1/t16-,25?/m1/s1. The molecule has 1 fully saturated rings. The molecule has 3 aromatic rings. The van der Waals surface area contributed by atoms with Crippen molar-refractivity contribution in [1.29, 1.82) is 0 Å². The molecule has 8 heteroatoms. The Hall–Kier alpha value is -2.22. The summed E-state index contributed by atoms with van der Waals surface area (Å²) >= 11 is 6.19. The van der Waals surface area contributed by atoms with Crippen LogP contribution in [0.15, 0.2) is 66.1 Å². The first kappa shape index (κ1) is 19.1. The normalized spacial score (nSPS) is 22.5. The molecule has 1 aliphatic heterocycles. The summed E-state index contributed by atoms with van der Waals surface area (Å²) in [6.07, 6.45) is 3.66. The largest absolute Gasteiger partial charge is 0.351 e. The Balaban J connectivity index is 1.83. The third kappa shape index (κ3) is 3.13. The predicted octanol–water partition coefficient (Wildman–Crippen LogP) is 4.10. The fraction of sp³-hybridized carbons (Fsp3) is 0.250. The summed E-state index contributed by atoms with van der Waals surface area (Å²) in [5.74, 6) is -0.323. The first-order chi connectivity index (χ1) is 13.3. The molecule has 0 saturated carbocycles. The van der Waals surface area contributed by atoms with Crippen LogP contribution in [0.4, 0.5) is 10.1 Å². The SMILES string of the molecule is Cn1cnc(S(=O)(=O)[N+]2(c3cccc(Cl)c3)CC[C@@H](c3ccc(F)cc3)C2)c1. The van der Waals surface area contributed by atoms with Crippen LogP contribution in [0.3, 0.4) is 0 Å². The highest BCUT2D eigenvalue weighted by atomic mass is 35.5. The van der Waals surface area contributed by atoms with Crippen molar-refractivity contribution in [2.24, 2.45) is 7.05 Å². The number of halogens is 2.